The Balaban J connectivity index is 1.26. The van der Waals surface area contributed by atoms with E-state index >= 15 is 0 Å². The van der Waals surface area contributed by atoms with E-state index < -0.39 is 0 Å². The molecule has 4 fully saturated rings. The van der Waals surface area contributed by atoms with E-state index in [0.29, 0.717) is 17.8 Å². The first-order valence-corrected chi connectivity index (χ1v) is 10.3. The molecule has 0 saturated heterocycles. The van der Waals surface area contributed by atoms with Crippen LogP contribution in [-0.2, 0) is 14.4 Å². The molecule has 0 aromatic heterocycles. The summed E-state index contributed by atoms with van der Waals surface area (Å²) in [6.45, 7) is 1.40. The van der Waals surface area contributed by atoms with Crippen LogP contribution in [0.5, 0.6) is 0 Å². The van der Waals surface area contributed by atoms with E-state index in [1.54, 1.807) is 24.3 Å². The topological polar surface area (TPSA) is 87.3 Å². The van der Waals surface area contributed by atoms with Gasteiger partial charge in [-0.2, -0.15) is 0 Å². The molecule has 150 valence electrons. The highest BCUT2D eigenvalue weighted by molar-refractivity contribution is 5.95. The predicted molar refractivity (Wildman–Crippen MR) is 108 cm³/mol. The third-order valence-corrected chi connectivity index (χ3v) is 6.61. The van der Waals surface area contributed by atoms with Crippen LogP contribution in [0, 0.1) is 23.2 Å². The van der Waals surface area contributed by atoms with Crippen molar-refractivity contribution in [3.05, 3.63) is 24.3 Å². The van der Waals surface area contributed by atoms with Crippen LogP contribution in [0.3, 0.4) is 0 Å². The smallest absolute Gasteiger partial charge is 0.243 e. The molecule has 4 aliphatic carbocycles. The quantitative estimate of drug-likeness (QED) is 0.704. The van der Waals surface area contributed by atoms with Gasteiger partial charge in [-0.15, -0.1) is 0 Å². The van der Waals surface area contributed by atoms with Crippen molar-refractivity contribution >= 4 is 29.1 Å². The zero-order valence-electron chi connectivity index (χ0n) is 16.4. The lowest BCUT2D eigenvalue weighted by atomic mass is 9.49. The average Bonchev–Trinajstić information content (AvgIpc) is 2.58. The number of amides is 3. The van der Waals surface area contributed by atoms with Crippen molar-refractivity contribution in [2.75, 3.05) is 17.2 Å². The Bertz CT molecular complexity index is 754. The van der Waals surface area contributed by atoms with Gasteiger partial charge in [-0.1, -0.05) is 6.07 Å². The van der Waals surface area contributed by atoms with Gasteiger partial charge in [0, 0.05) is 24.7 Å². The minimum atomic E-state index is -0.265. The van der Waals surface area contributed by atoms with Gasteiger partial charge in [-0.05, 0) is 79.9 Å². The molecule has 5 rings (SSSR count). The number of anilines is 2. The van der Waals surface area contributed by atoms with Crippen LogP contribution in [0.1, 0.15) is 51.9 Å². The van der Waals surface area contributed by atoms with E-state index in [0.717, 1.165) is 17.8 Å². The van der Waals surface area contributed by atoms with Crippen molar-refractivity contribution in [2.45, 2.75) is 51.9 Å². The Morgan fingerprint density at radius 2 is 1.50 bits per heavy atom. The summed E-state index contributed by atoms with van der Waals surface area (Å²) >= 11 is 0. The highest BCUT2D eigenvalue weighted by Gasteiger charge is 2.51. The van der Waals surface area contributed by atoms with Gasteiger partial charge in [0.05, 0.1) is 6.54 Å². The number of nitrogens with one attached hydrogen (secondary N) is 3. The first kappa shape index (κ1) is 19.0. The van der Waals surface area contributed by atoms with Crippen molar-refractivity contribution < 1.29 is 14.4 Å². The Labute approximate surface area is 165 Å². The molecule has 0 aliphatic heterocycles. The molecule has 0 atom stereocenters. The second-order valence-electron chi connectivity index (χ2n) is 9.18. The summed E-state index contributed by atoms with van der Waals surface area (Å²) in [5, 5.41) is 8.25. The van der Waals surface area contributed by atoms with Crippen LogP contribution in [0.2, 0.25) is 0 Å². The summed E-state index contributed by atoms with van der Waals surface area (Å²) in [5.41, 5.74) is 1.39. The second kappa shape index (κ2) is 7.57. The number of carbonyl (C=O) groups is 3. The fraction of sp³-hybridized carbons (Fsp3) is 0.591. The van der Waals surface area contributed by atoms with Crippen LogP contribution < -0.4 is 16.0 Å². The molecule has 6 heteroatoms. The van der Waals surface area contributed by atoms with E-state index in [2.05, 4.69) is 16.0 Å². The lowest BCUT2D eigenvalue weighted by Crippen LogP contribution is -2.48. The monoisotopic (exact) mass is 383 g/mol. The summed E-state index contributed by atoms with van der Waals surface area (Å²) in [5.74, 6) is 2.01. The van der Waals surface area contributed by atoms with E-state index in [4.69, 9.17) is 0 Å². The standard InChI is InChI=1S/C22H29N3O3/c1-14(26)24-18-3-2-4-19(8-18)25-21(28)13-23-20(27)12-22-9-15-5-16(10-22)7-17(6-15)11-22/h2-4,8,15-17H,5-7,9-13H2,1H3,(H,23,27)(H,24,26)(H,25,28). The minimum Gasteiger partial charge on any atom is -0.347 e. The zero-order valence-corrected chi connectivity index (χ0v) is 16.4. The first-order chi connectivity index (χ1) is 13.4. The lowest BCUT2D eigenvalue weighted by molar-refractivity contribution is -0.131. The van der Waals surface area contributed by atoms with Crippen LogP contribution in [0.15, 0.2) is 24.3 Å². The molecule has 4 bridgehead atoms. The van der Waals surface area contributed by atoms with Gasteiger partial charge in [0.25, 0.3) is 0 Å². The maximum Gasteiger partial charge on any atom is 0.243 e. The van der Waals surface area contributed by atoms with E-state index in [-0.39, 0.29) is 29.7 Å². The Morgan fingerprint density at radius 3 is 2.07 bits per heavy atom. The van der Waals surface area contributed by atoms with Crippen LogP contribution in [0.4, 0.5) is 11.4 Å². The van der Waals surface area contributed by atoms with Crippen molar-refractivity contribution in [3.63, 3.8) is 0 Å². The second-order valence-corrected chi connectivity index (χ2v) is 9.18. The zero-order chi connectivity index (χ0) is 19.7. The van der Waals surface area contributed by atoms with Gasteiger partial charge in [-0.3, -0.25) is 14.4 Å². The van der Waals surface area contributed by atoms with Gasteiger partial charge in [0.2, 0.25) is 17.7 Å². The molecule has 0 radical (unpaired) electrons. The van der Waals surface area contributed by atoms with Crippen LogP contribution in [0.25, 0.3) is 0 Å². The van der Waals surface area contributed by atoms with Crippen molar-refractivity contribution in [2.24, 2.45) is 23.2 Å². The van der Waals surface area contributed by atoms with Crippen molar-refractivity contribution in [3.8, 4) is 0 Å². The molecular formula is C22H29N3O3. The van der Waals surface area contributed by atoms with Gasteiger partial charge < -0.3 is 16.0 Å². The van der Waals surface area contributed by atoms with Gasteiger partial charge >= 0.3 is 0 Å². The minimum absolute atomic E-state index is 0.0101. The molecule has 4 aliphatic rings. The Hall–Kier alpha value is -2.37. The van der Waals surface area contributed by atoms with Crippen LogP contribution >= 0.6 is 0 Å². The lowest BCUT2D eigenvalue weighted by Gasteiger charge is -2.56. The summed E-state index contributed by atoms with van der Waals surface area (Å²) in [7, 11) is 0. The predicted octanol–water partition coefficient (Wildman–Crippen LogP) is 3.31. The molecule has 0 heterocycles. The van der Waals surface area contributed by atoms with E-state index in [1.807, 2.05) is 0 Å². The average molecular weight is 383 g/mol. The molecule has 6 nitrogen and oxygen atoms in total. The summed E-state index contributed by atoms with van der Waals surface area (Å²) in [4.78, 5) is 35.9. The largest absolute Gasteiger partial charge is 0.347 e. The molecule has 4 saturated carbocycles. The number of rotatable bonds is 6. The van der Waals surface area contributed by atoms with Gasteiger partial charge in [0.1, 0.15) is 0 Å². The van der Waals surface area contributed by atoms with Gasteiger partial charge in [0.15, 0.2) is 0 Å². The van der Waals surface area contributed by atoms with Crippen molar-refractivity contribution in [1.29, 1.82) is 0 Å². The fourth-order valence-corrected chi connectivity index (χ4v) is 6.17. The number of hydrogen-bond donors (Lipinski definition) is 3. The highest BCUT2D eigenvalue weighted by atomic mass is 16.2. The molecule has 28 heavy (non-hydrogen) atoms. The first-order valence-electron chi connectivity index (χ1n) is 10.3. The van der Waals surface area contributed by atoms with E-state index in [9.17, 15) is 14.4 Å². The molecule has 0 spiro atoms. The van der Waals surface area contributed by atoms with Crippen LogP contribution in [-0.4, -0.2) is 24.3 Å². The molecule has 3 N–H and O–H groups in total. The fourth-order valence-electron chi connectivity index (χ4n) is 6.17. The van der Waals surface area contributed by atoms with E-state index in [1.165, 1.54) is 45.4 Å². The number of carbonyl (C=O) groups excluding carboxylic acids is 3. The normalized spacial score (nSPS) is 30.0. The summed E-state index contributed by atoms with van der Waals surface area (Å²) < 4.78 is 0. The van der Waals surface area contributed by atoms with Gasteiger partial charge in [-0.25, -0.2) is 0 Å². The third kappa shape index (κ3) is 4.37. The van der Waals surface area contributed by atoms with Crippen molar-refractivity contribution in [1.82, 2.24) is 5.32 Å². The maximum atomic E-state index is 12.5. The SMILES string of the molecule is CC(=O)Nc1cccc(NC(=O)CNC(=O)CC23CC4CC(CC(C4)C2)C3)c1. The Morgan fingerprint density at radius 1 is 0.929 bits per heavy atom. The summed E-state index contributed by atoms with van der Waals surface area (Å²) in [6.07, 6.45) is 8.21. The Kier molecular flexibility index (Phi) is 5.13. The molecule has 1 aromatic rings. The molecule has 1 aromatic carbocycles. The molecule has 0 unspecified atom stereocenters. The maximum absolute atomic E-state index is 12.5. The molecular weight excluding hydrogens is 354 g/mol. The molecule has 3 amide bonds. The number of benzene rings is 1. The number of hydrogen-bond acceptors (Lipinski definition) is 3. The highest BCUT2D eigenvalue weighted by Crippen LogP contribution is 2.61. The summed E-state index contributed by atoms with van der Waals surface area (Å²) in [6, 6.07) is 6.95. The third-order valence-electron chi connectivity index (χ3n) is 6.61.